The zero-order valence-corrected chi connectivity index (χ0v) is 19.1. The number of nitrogens with zero attached hydrogens (tertiary/aromatic N) is 3. The quantitative estimate of drug-likeness (QED) is 0.210. The van der Waals surface area contributed by atoms with Crippen LogP contribution < -0.4 is 10.6 Å². The Morgan fingerprint density at radius 3 is 2.32 bits per heavy atom. The minimum absolute atomic E-state index is 0. The average molecular weight is 469 g/mol. The van der Waals surface area contributed by atoms with E-state index in [0.29, 0.717) is 5.92 Å². The van der Waals surface area contributed by atoms with Gasteiger partial charge in [-0.3, -0.25) is 9.89 Å². The zero-order valence-electron chi connectivity index (χ0n) is 16.7. The van der Waals surface area contributed by atoms with Crippen LogP contribution >= 0.6 is 24.0 Å². The molecule has 0 amide bonds. The molecule has 0 saturated carbocycles. The van der Waals surface area contributed by atoms with Gasteiger partial charge in [-0.05, 0) is 25.8 Å². The van der Waals surface area contributed by atoms with Crippen LogP contribution in [0.25, 0.3) is 0 Å². The summed E-state index contributed by atoms with van der Waals surface area (Å²) in [6, 6.07) is 0. The first-order valence-corrected chi connectivity index (χ1v) is 9.70. The predicted molar refractivity (Wildman–Crippen MR) is 118 cm³/mol. The highest BCUT2D eigenvalue weighted by Gasteiger charge is 2.14. The van der Waals surface area contributed by atoms with Gasteiger partial charge < -0.3 is 20.3 Å². The fourth-order valence-corrected chi connectivity index (χ4v) is 2.64. The second-order valence-electron chi connectivity index (χ2n) is 6.76. The highest BCUT2D eigenvalue weighted by molar-refractivity contribution is 14.0. The molecular formula is C18H40IN5O. The number of aliphatic imine (C=N–C) groups is 1. The van der Waals surface area contributed by atoms with E-state index in [-0.39, 0.29) is 24.0 Å². The number of ether oxygens (including phenoxy) is 1. The van der Waals surface area contributed by atoms with Crippen molar-refractivity contribution in [3.63, 3.8) is 0 Å². The van der Waals surface area contributed by atoms with Crippen LogP contribution in [-0.2, 0) is 4.74 Å². The summed E-state index contributed by atoms with van der Waals surface area (Å²) in [4.78, 5) is 9.69. The molecule has 1 fully saturated rings. The smallest absolute Gasteiger partial charge is 0.191 e. The molecular weight excluding hydrogens is 429 g/mol. The van der Waals surface area contributed by atoms with Gasteiger partial charge in [0.1, 0.15) is 0 Å². The molecule has 0 radical (unpaired) electrons. The van der Waals surface area contributed by atoms with Crippen molar-refractivity contribution >= 4 is 29.9 Å². The number of hydrogen-bond acceptors (Lipinski definition) is 4. The molecule has 1 saturated heterocycles. The number of rotatable bonds is 11. The third-order valence-corrected chi connectivity index (χ3v) is 4.32. The molecule has 0 atom stereocenters. The van der Waals surface area contributed by atoms with Crippen molar-refractivity contribution < 1.29 is 4.74 Å². The van der Waals surface area contributed by atoms with E-state index in [1.165, 1.54) is 19.6 Å². The van der Waals surface area contributed by atoms with Gasteiger partial charge in [0, 0.05) is 52.4 Å². The molecule has 0 aliphatic carbocycles. The fraction of sp³-hybridized carbons (Fsp3) is 0.944. The topological polar surface area (TPSA) is 52.1 Å². The number of halogens is 1. The first-order valence-electron chi connectivity index (χ1n) is 9.70. The second kappa shape index (κ2) is 16.1. The molecule has 7 heteroatoms. The van der Waals surface area contributed by atoms with E-state index in [2.05, 4.69) is 53.1 Å². The summed E-state index contributed by atoms with van der Waals surface area (Å²) < 4.78 is 5.64. The first kappa shape index (κ1) is 24.9. The van der Waals surface area contributed by atoms with Gasteiger partial charge in [-0.2, -0.15) is 0 Å². The molecule has 0 unspecified atom stereocenters. The second-order valence-corrected chi connectivity index (χ2v) is 6.76. The van der Waals surface area contributed by atoms with E-state index in [9.17, 15) is 0 Å². The van der Waals surface area contributed by atoms with Crippen molar-refractivity contribution in [1.29, 1.82) is 0 Å². The minimum atomic E-state index is 0. The van der Waals surface area contributed by atoms with Crippen LogP contribution in [0.2, 0.25) is 0 Å². The maximum atomic E-state index is 5.64. The van der Waals surface area contributed by atoms with Crippen molar-refractivity contribution in [2.45, 2.75) is 34.1 Å². The van der Waals surface area contributed by atoms with Crippen molar-refractivity contribution in [2.75, 3.05) is 72.1 Å². The van der Waals surface area contributed by atoms with Crippen LogP contribution in [0, 0.1) is 5.92 Å². The van der Waals surface area contributed by atoms with Gasteiger partial charge in [0.2, 0.25) is 0 Å². The SMILES string of the molecule is CCNC(=NCCN1CCN(CC)CC1)NCCOCCC(C)C.I. The number of guanidine groups is 1. The van der Waals surface area contributed by atoms with Crippen LogP contribution in [0.1, 0.15) is 34.1 Å². The molecule has 0 bridgehead atoms. The molecule has 0 spiro atoms. The van der Waals surface area contributed by atoms with Gasteiger partial charge >= 0.3 is 0 Å². The maximum Gasteiger partial charge on any atom is 0.191 e. The third kappa shape index (κ3) is 12.8. The monoisotopic (exact) mass is 469 g/mol. The normalized spacial score (nSPS) is 16.8. The lowest BCUT2D eigenvalue weighted by Gasteiger charge is -2.33. The van der Waals surface area contributed by atoms with Gasteiger partial charge in [0.15, 0.2) is 5.96 Å². The Morgan fingerprint density at radius 2 is 1.72 bits per heavy atom. The molecule has 1 rings (SSSR count). The van der Waals surface area contributed by atoms with E-state index < -0.39 is 0 Å². The predicted octanol–water partition coefficient (Wildman–Crippen LogP) is 1.86. The molecule has 0 aromatic carbocycles. The Bertz CT molecular complexity index is 333. The van der Waals surface area contributed by atoms with Crippen molar-refractivity contribution in [3.8, 4) is 0 Å². The van der Waals surface area contributed by atoms with Crippen molar-refractivity contribution in [3.05, 3.63) is 0 Å². The summed E-state index contributed by atoms with van der Waals surface area (Å²) in [7, 11) is 0. The van der Waals surface area contributed by atoms with Gasteiger partial charge in [0.05, 0.1) is 13.2 Å². The lowest BCUT2D eigenvalue weighted by Crippen LogP contribution is -2.47. The molecule has 25 heavy (non-hydrogen) atoms. The highest BCUT2D eigenvalue weighted by Crippen LogP contribution is 2.00. The Kier molecular flexibility index (Phi) is 16.0. The number of likely N-dealkylation sites (N-methyl/N-ethyl adjacent to an activating group) is 1. The molecule has 1 heterocycles. The van der Waals surface area contributed by atoms with Gasteiger partial charge in [-0.15, -0.1) is 24.0 Å². The Labute approximate surface area is 172 Å². The number of piperazine rings is 1. The van der Waals surface area contributed by atoms with E-state index in [1.807, 2.05) is 0 Å². The van der Waals surface area contributed by atoms with Gasteiger partial charge in [0.25, 0.3) is 0 Å². The van der Waals surface area contributed by atoms with E-state index in [0.717, 1.165) is 64.9 Å². The molecule has 2 N–H and O–H groups in total. The molecule has 1 aliphatic heterocycles. The fourth-order valence-electron chi connectivity index (χ4n) is 2.64. The van der Waals surface area contributed by atoms with Crippen LogP contribution in [0.4, 0.5) is 0 Å². The van der Waals surface area contributed by atoms with Crippen LogP contribution in [0.5, 0.6) is 0 Å². The van der Waals surface area contributed by atoms with Gasteiger partial charge in [-0.1, -0.05) is 20.8 Å². The average Bonchev–Trinajstić information content (AvgIpc) is 2.58. The highest BCUT2D eigenvalue weighted by atomic mass is 127. The summed E-state index contributed by atoms with van der Waals surface area (Å²) >= 11 is 0. The third-order valence-electron chi connectivity index (χ3n) is 4.32. The molecule has 150 valence electrons. The molecule has 6 nitrogen and oxygen atoms in total. The Morgan fingerprint density at radius 1 is 1.04 bits per heavy atom. The van der Waals surface area contributed by atoms with Crippen LogP contribution in [0.15, 0.2) is 4.99 Å². The van der Waals surface area contributed by atoms with Gasteiger partial charge in [-0.25, -0.2) is 0 Å². The summed E-state index contributed by atoms with van der Waals surface area (Å²) in [5, 5.41) is 6.65. The van der Waals surface area contributed by atoms with E-state index >= 15 is 0 Å². The first-order chi connectivity index (χ1) is 11.7. The summed E-state index contributed by atoms with van der Waals surface area (Å²) in [6.45, 7) is 19.8. The number of hydrogen-bond donors (Lipinski definition) is 2. The molecule has 0 aromatic rings. The standard InChI is InChI=1S/C18H39N5O.HI/c1-5-19-18(21-9-16-24-15-7-17(3)4)20-8-10-23-13-11-22(6-2)12-14-23;/h17H,5-16H2,1-4H3,(H2,19,20,21);1H. The van der Waals surface area contributed by atoms with Crippen molar-refractivity contribution in [1.82, 2.24) is 20.4 Å². The zero-order chi connectivity index (χ0) is 17.6. The van der Waals surface area contributed by atoms with E-state index in [1.54, 1.807) is 0 Å². The van der Waals surface area contributed by atoms with Crippen LogP contribution in [0.3, 0.4) is 0 Å². The minimum Gasteiger partial charge on any atom is -0.380 e. The molecule has 0 aromatic heterocycles. The summed E-state index contributed by atoms with van der Waals surface area (Å²) in [6.07, 6.45) is 1.12. The molecule has 1 aliphatic rings. The van der Waals surface area contributed by atoms with Crippen molar-refractivity contribution in [2.24, 2.45) is 10.9 Å². The number of nitrogens with one attached hydrogen (secondary N) is 2. The Hall–Kier alpha value is -0.120. The largest absolute Gasteiger partial charge is 0.380 e. The summed E-state index contributed by atoms with van der Waals surface area (Å²) in [5.41, 5.74) is 0. The van der Waals surface area contributed by atoms with Crippen LogP contribution in [-0.4, -0.2) is 87.9 Å². The lowest BCUT2D eigenvalue weighted by molar-refractivity contribution is 0.128. The lowest BCUT2D eigenvalue weighted by atomic mass is 10.1. The maximum absolute atomic E-state index is 5.64. The van der Waals surface area contributed by atoms with E-state index in [4.69, 9.17) is 4.74 Å². The Balaban J connectivity index is 0.00000576. The summed E-state index contributed by atoms with van der Waals surface area (Å²) in [5.74, 6) is 1.60.